The third-order valence-electron chi connectivity index (χ3n) is 3.41. The lowest BCUT2D eigenvalue weighted by Crippen LogP contribution is -2.50. The SMILES string of the molecule is O=C1[C@H](NCc2cscn2)CCCN1c1cccnc1. The number of nitrogens with zero attached hydrogens (tertiary/aromatic N) is 3. The second-order valence-corrected chi connectivity index (χ2v) is 5.48. The van der Waals surface area contributed by atoms with Crippen LogP contribution in [-0.4, -0.2) is 28.5 Å². The molecule has 2 aromatic heterocycles. The minimum Gasteiger partial charge on any atom is -0.310 e. The molecule has 20 heavy (non-hydrogen) atoms. The monoisotopic (exact) mass is 288 g/mol. The molecule has 0 aromatic carbocycles. The summed E-state index contributed by atoms with van der Waals surface area (Å²) in [6.45, 7) is 1.40. The molecule has 1 aliphatic heterocycles. The fraction of sp³-hybridized carbons (Fsp3) is 0.357. The highest BCUT2D eigenvalue weighted by atomic mass is 32.1. The Labute approximate surface area is 121 Å². The van der Waals surface area contributed by atoms with E-state index in [2.05, 4.69) is 15.3 Å². The van der Waals surface area contributed by atoms with E-state index >= 15 is 0 Å². The highest BCUT2D eigenvalue weighted by Crippen LogP contribution is 2.20. The Bertz CT molecular complexity index is 558. The second kappa shape index (κ2) is 6.11. The van der Waals surface area contributed by atoms with E-state index in [-0.39, 0.29) is 11.9 Å². The predicted molar refractivity (Wildman–Crippen MR) is 78.6 cm³/mol. The number of rotatable bonds is 4. The van der Waals surface area contributed by atoms with Crippen LogP contribution in [0.1, 0.15) is 18.5 Å². The molecule has 0 radical (unpaired) electrons. The van der Waals surface area contributed by atoms with Crippen LogP contribution in [0.25, 0.3) is 0 Å². The minimum absolute atomic E-state index is 0.125. The number of nitrogens with one attached hydrogen (secondary N) is 1. The molecule has 1 amide bonds. The zero-order chi connectivity index (χ0) is 13.8. The van der Waals surface area contributed by atoms with Crippen molar-refractivity contribution in [2.75, 3.05) is 11.4 Å². The van der Waals surface area contributed by atoms with Crippen molar-refractivity contribution in [1.29, 1.82) is 0 Å². The molecule has 0 aliphatic carbocycles. The van der Waals surface area contributed by atoms with Crippen molar-refractivity contribution in [2.45, 2.75) is 25.4 Å². The van der Waals surface area contributed by atoms with Crippen LogP contribution in [0.2, 0.25) is 0 Å². The van der Waals surface area contributed by atoms with E-state index in [4.69, 9.17) is 0 Å². The normalized spacial score (nSPS) is 19.3. The van der Waals surface area contributed by atoms with E-state index in [1.165, 1.54) is 0 Å². The van der Waals surface area contributed by atoms with Gasteiger partial charge in [-0.3, -0.25) is 9.78 Å². The highest BCUT2D eigenvalue weighted by molar-refractivity contribution is 7.07. The Balaban J connectivity index is 1.66. The van der Waals surface area contributed by atoms with Gasteiger partial charge in [0.25, 0.3) is 0 Å². The summed E-state index contributed by atoms with van der Waals surface area (Å²) in [4.78, 5) is 22.6. The molecule has 2 aromatic rings. The van der Waals surface area contributed by atoms with Gasteiger partial charge in [0.05, 0.1) is 29.1 Å². The fourth-order valence-corrected chi connectivity index (χ4v) is 2.95. The lowest BCUT2D eigenvalue weighted by molar-refractivity contribution is -0.121. The molecule has 104 valence electrons. The number of anilines is 1. The molecule has 3 rings (SSSR count). The number of amides is 1. The Morgan fingerprint density at radius 2 is 2.45 bits per heavy atom. The quantitative estimate of drug-likeness (QED) is 0.932. The number of carbonyl (C=O) groups excluding carboxylic acids is 1. The number of thiazole rings is 1. The first-order valence-electron chi connectivity index (χ1n) is 6.66. The fourth-order valence-electron chi connectivity index (χ4n) is 2.39. The summed E-state index contributed by atoms with van der Waals surface area (Å²) in [6.07, 6.45) is 5.33. The van der Waals surface area contributed by atoms with E-state index < -0.39 is 0 Å². The van der Waals surface area contributed by atoms with E-state index in [0.29, 0.717) is 6.54 Å². The Morgan fingerprint density at radius 3 is 3.20 bits per heavy atom. The van der Waals surface area contributed by atoms with Crippen LogP contribution in [-0.2, 0) is 11.3 Å². The Kier molecular flexibility index (Phi) is 4.03. The van der Waals surface area contributed by atoms with Crippen LogP contribution >= 0.6 is 11.3 Å². The maximum absolute atomic E-state index is 12.5. The van der Waals surface area contributed by atoms with E-state index in [9.17, 15) is 4.79 Å². The largest absolute Gasteiger partial charge is 0.310 e. The zero-order valence-corrected chi connectivity index (χ0v) is 11.8. The van der Waals surface area contributed by atoms with Crippen molar-refractivity contribution >= 4 is 22.9 Å². The molecule has 1 saturated heterocycles. The van der Waals surface area contributed by atoms with Crippen LogP contribution in [0.15, 0.2) is 35.4 Å². The number of carbonyl (C=O) groups is 1. The molecule has 3 heterocycles. The van der Waals surface area contributed by atoms with E-state index in [0.717, 1.165) is 30.8 Å². The molecular formula is C14H16N4OS. The number of piperidine rings is 1. The number of hydrogen-bond acceptors (Lipinski definition) is 5. The van der Waals surface area contributed by atoms with Gasteiger partial charge in [-0.15, -0.1) is 11.3 Å². The maximum atomic E-state index is 12.5. The number of aromatic nitrogens is 2. The van der Waals surface area contributed by atoms with Crippen molar-refractivity contribution in [2.24, 2.45) is 0 Å². The van der Waals surface area contributed by atoms with Crippen LogP contribution < -0.4 is 10.2 Å². The van der Waals surface area contributed by atoms with Crippen molar-refractivity contribution in [3.05, 3.63) is 41.1 Å². The summed E-state index contributed by atoms with van der Waals surface area (Å²) in [7, 11) is 0. The molecule has 0 bridgehead atoms. The molecule has 5 nitrogen and oxygen atoms in total. The maximum Gasteiger partial charge on any atom is 0.244 e. The molecule has 1 aliphatic rings. The molecule has 0 spiro atoms. The van der Waals surface area contributed by atoms with Gasteiger partial charge in [-0.05, 0) is 25.0 Å². The van der Waals surface area contributed by atoms with Gasteiger partial charge in [-0.2, -0.15) is 0 Å². The van der Waals surface area contributed by atoms with Gasteiger partial charge in [-0.25, -0.2) is 4.98 Å². The summed E-state index contributed by atoms with van der Waals surface area (Å²) in [5, 5.41) is 5.31. The van der Waals surface area contributed by atoms with E-state index in [1.807, 2.05) is 27.9 Å². The van der Waals surface area contributed by atoms with Crippen LogP contribution in [0, 0.1) is 0 Å². The first-order valence-corrected chi connectivity index (χ1v) is 7.61. The third-order valence-corrected chi connectivity index (χ3v) is 4.04. The standard InChI is InChI=1S/C14H16N4OS/c19-14-13(16-7-11-9-20-10-17-11)4-2-6-18(14)12-3-1-5-15-8-12/h1,3,5,8-10,13,16H,2,4,6-7H2/t13-/m1/s1. The topological polar surface area (TPSA) is 58.1 Å². The second-order valence-electron chi connectivity index (χ2n) is 4.76. The van der Waals surface area contributed by atoms with Gasteiger partial charge in [-0.1, -0.05) is 0 Å². The van der Waals surface area contributed by atoms with Crippen molar-refractivity contribution in [1.82, 2.24) is 15.3 Å². The van der Waals surface area contributed by atoms with E-state index in [1.54, 1.807) is 23.7 Å². The van der Waals surface area contributed by atoms with Gasteiger partial charge in [0.15, 0.2) is 0 Å². The summed E-state index contributed by atoms with van der Waals surface area (Å²) in [6, 6.07) is 3.65. The zero-order valence-electron chi connectivity index (χ0n) is 11.0. The van der Waals surface area contributed by atoms with Crippen molar-refractivity contribution in [3.63, 3.8) is 0 Å². The summed E-state index contributed by atoms with van der Waals surface area (Å²) in [5.74, 6) is 0.125. The molecule has 1 atom stereocenters. The van der Waals surface area contributed by atoms with Crippen LogP contribution in [0.4, 0.5) is 5.69 Å². The molecule has 0 saturated carbocycles. The smallest absolute Gasteiger partial charge is 0.244 e. The molecule has 1 fully saturated rings. The van der Waals surface area contributed by atoms with Crippen LogP contribution in [0.3, 0.4) is 0 Å². The highest BCUT2D eigenvalue weighted by Gasteiger charge is 2.29. The summed E-state index contributed by atoms with van der Waals surface area (Å²) >= 11 is 1.57. The van der Waals surface area contributed by atoms with Gasteiger partial charge in [0.2, 0.25) is 5.91 Å². The van der Waals surface area contributed by atoms with Gasteiger partial charge >= 0.3 is 0 Å². The minimum atomic E-state index is -0.134. The average molecular weight is 288 g/mol. The van der Waals surface area contributed by atoms with Crippen molar-refractivity contribution in [3.8, 4) is 0 Å². The lowest BCUT2D eigenvalue weighted by Gasteiger charge is -2.32. The van der Waals surface area contributed by atoms with Crippen LogP contribution in [0.5, 0.6) is 0 Å². The lowest BCUT2D eigenvalue weighted by atomic mass is 10.0. The van der Waals surface area contributed by atoms with Gasteiger partial charge in [0.1, 0.15) is 0 Å². The first-order chi connectivity index (χ1) is 9.84. The van der Waals surface area contributed by atoms with Gasteiger partial charge in [0, 0.05) is 24.7 Å². The molecule has 1 N–H and O–H groups in total. The third kappa shape index (κ3) is 2.86. The number of hydrogen-bond donors (Lipinski definition) is 1. The van der Waals surface area contributed by atoms with Crippen molar-refractivity contribution < 1.29 is 4.79 Å². The Morgan fingerprint density at radius 1 is 1.50 bits per heavy atom. The molecule has 6 heteroatoms. The summed E-state index contributed by atoms with van der Waals surface area (Å²) < 4.78 is 0. The van der Waals surface area contributed by atoms with Gasteiger partial charge < -0.3 is 10.2 Å². The number of pyridine rings is 1. The summed E-state index contributed by atoms with van der Waals surface area (Å²) in [5.41, 5.74) is 3.67. The molecular weight excluding hydrogens is 272 g/mol. The first kappa shape index (κ1) is 13.2. The molecule has 0 unspecified atom stereocenters. The predicted octanol–water partition coefficient (Wildman–Crippen LogP) is 1.82. The Hall–Kier alpha value is -1.79. The average Bonchev–Trinajstić information content (AvgIpc) is 3.00.